The van der Waals surface area contributed by atoms with Gasteiger partial charge >= 0.3 is 0 Å². The van der Waals surface area contributed by atoms with Crippen LogP contribution in [0, 0.1) is 13.8 Å². The largest absolute Gasteiger partial charge is 0.271 e. The molecular weight excluding hydrogens is 224 g/mol. The number of nitrogens with two attached hydrogens (primary N) is 1. The van der Waals surface area contributed by atoms with Crippen molar-refractivity contribution in [2.75, 3.05) is 0 Å². The van der Waals surface area contributed by atoms with E-state index in [1.165, 1.54) is 5.56 Å². The van der Waals surface area contributed by atoms with Gasteiger partial charge in [0.1, 0.15) is 0 Å². The molecule has 3 N–H and O–H groups in total. The Bertz CT molecular complexity index is 513. The molecule has 4 heteroatoms. The highest BCUT2D eigenvalue weighted by Gasteiger charge is 2.17. The fourth-order valence-corrected chi connectivity index (χ4v) is 2.16. The smallest absolute Gasteiger partial charge is 0.0878 e. The third kappa shape index (κ3) is 2.44. The molecule has 1 unspecified atom stereocenters. The molecule has 0 fully saturated rings. The minimum Gasteiger partial charge on any atom is -0.271 e. The van der Waals surface area contributed by atoms with E-state index < -0.39 is 0 Å². The van der Waals surface area contributed by atoms with E-state index in [2.05, 4.69) is 54.7 Å². The van der Waals surface area contributed by atoms with Crippen molar-refractivity contribution in [3.8, 4) is 0 Å². The number of nitrogens with zero attached hydrogens (tertiary/aromatic N) is 2. The SMILES string of the molecule is CCn1nc(C)cc1C(NN)c1ccc(C)cc1. The van der Waals surface area contributed by atoms with Crippen LogP contribution >= 0.6 is 0 Å². The lowest BCUT2D eigenvalue weighted by Crippen LogP contribution is -2.30. The monoisotopic (exact) mass is 244 g/mol. The van der Waals surface area contributed by atoms with Crippen LogP contribution in [-0.2, 0) is 6.54 Å². The van der Waals surface area contributed by atoms with Crippen LogP contribution in [0.25, 0.3) is 0 Å². The average Bonchev–Trinajstić information content (AvgIpc) is 2.74. The fourth-order valence-electron chi connectivity index (χ4n) is 2.16. The van der Waals surface area contributed by atoms with Crippen LogP contribution in [0.2, 0.25) is 0 Å². The third-order valence-corrected chi connectivity index (χ3v) is 3.11. The van der Waals surface area contributed by atoms with E-state index in [1.54, 1.807) is 0 Å². The van der Waals surface area contributed by atoms with Gasteiger partial charge in [-0.15, -0.1) is 0 Å². The van der Waals surface area contributed by atoms with Crippen LogP contribution in [0.1, 0.15) is 35.5 Å². The van der Waals surface area contributed by atoms with Crippen LogP contribution in [-0.4, -0.2) is 9.78 Å². The van der Waals surface area contributed by atoms with Gasteiger partial charge < -0.3 is 0 Å². The van der Waals surface area contributed by atoms with E-state index in [-0.39, 0.29) is 6.04 Å². The molecule has 0 saturated heterocycles. The molecule has 1 atom stereocenters. The van der Waals surface area contributed by atoms with E-state index in [1.807, 2.05) is 11.6 Å². The third-order valence-electron chi connectivity index (χ3n) is 3.11. The number of hydrogen-bond donors (Lipinski definition) is 2. The van der Waals surface area contributed by atoms with Gasteiger partial charge in [-0.2, -0.15) is 5.10 Å². The van der Waals surface area contributed by atoms with Gasteiger partial charge in [0.15, 0.2) is 0 Å². The maximum atomic E-state index is 5.72. The normalized spacial score (nSPS) is 12.7. The number of hydrazine groups is 1. The number of benzene rings is 1. The minimum absolute atomic E-state index is 0.0215. The second kappa shape index (κ2) is 5.33. The number of rotatable bonds is 4. The molecule has 1 aromatic carbocycles. The van der Waals surface area contributed by atoms with Crippen molar-refractivity contribution < 1.29 is 0 Å². The first-order valence-corrected chi connectivity index (χ1v) is 6.22. The van der Waals surface area contributed by atoms with Crippen molar-refractivity contribution in [2.24, 2.45) is 5.84 Å². The van der Waals surface area contributed by atoms with E-state index in [9.17, 15) is 0 Å². The molecule has 0 saturated carbocycles. The first-order valence-electron chi connectivity index (χ1n) is 6.22. The second-order valence-electron chi connectivity index (χ2n) is 4.54. The van der Waals surface area contributed by atoms with Crippen molar-refractivity contribution >= 4 is 0 Å². The van der Waals surface area contributed by atoms with Gasteiger partial charge in [0.2, 0.25) is 0 Å². The molecule has 0 spiro atoms. The van der Waals surface area contributed by atoms with E-state index in [4.69, 9.17) is 5.84 Å². The van der Waals surface area contributed by atoms with Crippen molar-refractivity contribution in [3.05, 3.63) is 52.8 Å². The summed E-state index contributed by atoms with van der Waals surface area (Å²) >= 11 is 0. The summed E-state index contributed by atoms with van der Waals surface area (Å²) in [5, 5.41) is 4.46. The van der Waals surface area contributed by atoms with Crippen molar-refractivity contribution in [1.29, 1.82) is 0 Å². The zero-order valence-electron chi connectivity index (χ0n) is 11.1. The molecule has 0 bridgehead atoms. The molecule has 0 radical (unpaired) electrons. The van der Waals surface area contributed by atoms with Gasteiger partial charge in [-0.1, -0.05) is 29.8 Å². The Morgan fingerprint density at radius 2 is 1.94 bits per heavy atom. The Hall–Kier alpha value is -1.65. The lowest BCUT2D eigenvalue weighted by Gasteiger charge is -2.17. The molecule has 96 valence electrons. The van der Waals surface area contributed by atoms with Gasteiger partial charge in [-0.25, -0.2) is 5.43 Å². The average molecular weight is 244 g/mol. The quantitative estimate of drug-likeness (QED) is 0.639. The molecule has 0 aliphatic heterocycles. The Kier molecular flexibility index (Phi) is 3.79. The zero-order valence-corrected chi connectivity index (χ0v) is 11.1. The van der Waals surface area contributed by atoms with E-state index in [0.29, 0.717) is 0 Å². The first-order chi connectivity index (χ1) is 8.65. The summed E-state index contributed by atoms with van der Waals surface area (Å²) in [7, 11) is 0. The van der Waals surface area contributed by atoms with Crippen LogP contribution in [0.5, 0.6) is 0 Å². The highest BCUT2D eigenvalue weighted by atomic mass is 15.3. The summed E-state index contributed by atoms with van der Waals surface area (Å²) in [6.45, 7) is 7.00. The van der Waals surface area contributed by atoms with Crippen LogP contribution < -0.4 is 11.3 Å². The van der Waals surface area contributed by atoms with Crippen molar-refractivity contribution in [3.63, 3.8) is 0 Å². The van der Waals surface area contributed by atoms with Gasteiger partial charge in [0.05, 0.1) is 17.4 Å². The molecular formula is C14H20N4. The topological polar surface area (TPSA) is 55.9 Å². The molecule has 2 aromatic rings. The second-order valence-corrected chi connectivity index (χ2v) is 4.54. The highest BCUT2D eigenvalue weighted by Crippen LogP contribution is 2.22. The summed E-state index contributed by atoms with van der Waals surface area (Å²) < 4.78 is 1.99. The lowest BCUT2D eigenvalue weighted by molar-refractivity contribution is 0.542. The van der Waals surface area contributed by atoms with E-state index in [0.717, 1.165) is 23.5 Å². The Balaban J connectivity index is 2.41. The van der Waals surface area contributed by atoms with Gasteiger partial charge in [0.25, 0.3) is 0 Å². The maximum Gasteiger partial charge on any atom is 0.0878 e. The standard InChI is InChI=1S/C14H20N4/c1-4-18-13(9-11(3)17-18)14(16-15)12-7-5-10(2)6-8-12/h5-9,14,16H,4,15H2,1-3H3. The summed E-state index contributed by atoms with van der Waals surface area (Å²) in [5.41, 5.74) is 7.39. The van der Waals surface area contributed by atoms with Gasteiger partial charge in [0, 0.05) is 6.54 Å². The number of aromatic nitrogens is 2. The predicted octanol–water partition coefficient (Wildman–Crippen LogP) is 2.07. The lowest BCUT2D eigenvalue weighted by atomic mass is 10.0. The molecule has 0 amide bonds. The Morgan fingerprint density at radius 1 is 1.28 bits per heavy atom. The number of hydrogen-bond acceptors (Lipinski definition) is 3. The number of nitrogens with one attached hydrogen (secondary N) is 1. The molecule has 1 heterocycles. The predicted molar refractivity (Wildman–Crippen MR) is 73.0 cm³/mol. The molecule has 4 nitrogen and oxygen atoms in total. The van der Waals surface area contributed by atoms with Crippen molar-refractivity contribution in [2.45, 2.75) is 33.4 Å². The molecule has 0 aliphatic rings. The molecule has 0 aliphatic carbocycles. The van der Waals surface area contributed by atoms with Crippen molar-refractivity contribution in [1.82, 2.24) is 15.2 Å². The minimum atomic E-state index is -0.0215. The summed E-state index contributed by atoms with van der Waals surface area (Å²) in [6.07, 6.45) is 0. The summed E-state index contributed by atoms with van der Waals surface area (Å²) in [6, 6.07) is 10.4. The maximum absolute atomic E-state index is 5.72. The van der Waals surface area contributed by atoms with Crippen LogP contribution in [0.4, 0.5) is 0 Å². The molecule has 18 heavy (non-hydrogen) atoms. The fraction of sp³-hybridized carbons (Fsp3) is 0.357. The van der Waals surface area contributed by atoms with Gasteiger partial charge in [-0.3, -0.25) is 10.5 Å². The summed E-state index contributed by atoms with van der Waals surface area (Å²) in [4.78, 5) is 0. The summed E-state index contributed by atoms with van der Waals surface area (Å²) in [5.74, 6) is 5.72. The molecule has 1 aromatic heterocycles. The Labute approximate surface area is 108 Å². The molecule has 2 rings (SSSR count). The Morgan fingerprint density at radius 3 is 2.50 bits per heavy atom. The van der Waals surface area contributed by atoms with Crippen LogP contribution in [0.3, 0.4) is 0 Å². The first kappa shape index (κ1) is 12.8. The zero-order chi connectivity index (χ0) is 13.1. The van der Waals surface area contributed by atoms with Crippen LogP contribution in [0.15, 0.2) is 30.3 Å². The van der Waals surface area contributed by atoms with Gasteiger partial charge in [-0.05, 0) is 32.4 Å². The highest BCUT2D eigenvalue weighted by molar-refractivity contribution is 5.31. The van der Waals surface area contributed by atoms with E-state index >= 15 is 0 Å². The number of aryl methyl sites for hydroxylation is 3.